The van der Waals surface area contributed by atoms with Crippen molar-refractivity contribution in [1.29, 1.82) is 0 Å². The Morgan fingerprint density at radius 3 is 2.71 bits per heavy atom. The summed E-state index contributed by atoms with van der Waals surface area (Å²) in [5, 5.41) is 7.20. The minimum atomic E-state index is -0.0695. The molecule has 0 fully saturated rings. The van der Waals surface area contributed by atoms with Crippen molar-refractivity contribution >= 4 is 5.91 Å². The molecule has 1 aliphatic carbocycles. The number of aromatic nitrogens is 2. The maximum Gasteiger partial charge on any atom is 0.270 e. The van der Waals surface area contributed by atoms with Crippen LogP contribution in [-0.2, 0) is 13.5 Å². The van der Waals surface area contributed by atoms with Crippen LogP contribution in [0.15, 0.2) is 60.8 Å². The average Bonchev–Trinajstić information content (AvgIpc) is 3.21. The van der Waals surface area contributed by atoms with E-state index in [1.165, 1.54) is 22.3 Å². The van der Waals surface area contributed by atoms with Crippen molar-refractivity contribution < 1.29 is 4.79 Å². The zero-order chi connectivity index (χ0) is 16.5. The van der Waals surface area contributed by atoms with Crippen LogP contribution in [0.5, 0.6) is 0 Å². The number of nitrogens with one attached hydrogen (secondary N) is 1. The molecule has 1 amide bonds. The number of carbonyl (C=O) groups is 1. The van der Waals surface area contributed by atoms with Crippen molar-refractivity contribution in [1.82, 2.24) is 15.1 Å². The maximum atomic E-state index is 12.4. The van der Waals surface area contributed by atoms with Crippen LogP contribution >= 0.6 is 0 Å². The second kappa shape index (κ2) is 5.96. The second-order valence-electron chi connectivity index (χ2n) is 6.18. The van der Waals surface area contributed by atoms with E-state index in [4.69, 9.17) is 0 Å². The monoisotopic (exact) mass is 317 g/mol. The van der Waals surface area contributed by atoms with Gasteiger partial charge in [0.15, 0.2) is 0 Å². The summed E-state index contributed by atoms with van der Waals surface area (Å²) in [4.78, 5) is 12.4. The fraction of sp³-hybridized carbons (Fsp3) is 0.200. The molecular formula is C20H19N3O. The minimum absolute atomic E-state index is 0.0695. The highest BCUT2D eigenvalue weighted by atomic mass is 16.2. The second-order valence-corrected chi connectivity index (χ2v) is 6.18. The largest absolute Gasteiger partial charge is 0.344 e. The van der Waals surface area contributed by atoms with E-state index in [0.29, 0.717) is 5.69 Å². The topological polar surface area (TPSA) is 46.9 Å². The summed E-state index contributed by atoms with van der Waals surface area (Å²) in [6, 6.07) is 18.7. The van der Waals surface area contributed by atoms with Crippen molar-refractivity contribution in [3.05, 3.63) is 77.6 Å². The van der Waals surface area contributed by atoms with E-state index in [1.807, 2.05) is 6.07 Å². The first kappa shape index (κ1) is 14.7. The average molecular weight is 317 g/mol. The van der Waals surface area contributed by atoms with E-state index in [2.05, 4.69) is 52.9 Å². The molecule has 0 saturated carbocycles. The third-order valence-corrected chi connectivity index (χ3v) is 4.69. The molecule has 4 nitrogen and oxygen atoms in total. The molecule has 4 rings (SSSR count). The van der Waals surface area contributed by atoms with Crippen LogP contribution in [0.4, 0.5) is 0 Å². The van der Waals surface area contributed by atoms with Crippen LogP contribution in [0.3, 0.4) is 0 Å². The Morgan fingerprint density at radius 1 is 1.12 bits per heavy atom. The molecule has 0 bridgehead atoms. The third-order valence-electron chi connectivity index (χ3n) is 4.69. The molecule has 1 heterocycles. The van der Waals surface area contributed by atoms with Crippen molar-refractivity contribution in [2.75, 3.05) is 0 Å². The van der Waals surface area contributed by atoms with Crippen molar-refractivity contribution in [3.63, 3.8) is 0 Å². The maximum absolute atomic E-state index is 12.4. The van der Waals surface area contributed by atoms with Crippen LogP contribution in [0.1, 0.15) is 34.1 Å². The van der Waals surface area contributed by atoms with Crippen LogP contribution in [0.25, 0.3) is 11.1 Å². The van der Waals surface area contributed by atoms with Gasteiger partial charge in [0.1, 0.15) is 5.69 Å². The van der Waals surface area contributed by atoms with Crippen molar-refractivity contribution in [2.45, 2.75) is 18.9 Å². The van der Waals surface area contributed by atoms with Gasteiger partial charge in [-0.2, -0.15) is 5.10 Å². The van der Waals surface area contributed by atoms with Crippen LogP contribution in [0.2, 0.25) is 0 Å². The predicted molar refractivity (Wildman–Crippen MR) is 93.6 cm³/mol. The van der Waals surface area contributed by atoms with E-state index in [9.17, 15) is 4.79 Å². The predicted octanol–water partition coefficient (Wildman–Crippen LogP) is 3.50. The molecule has 120 valence electrons. The van der Waals surface area contributed by atoms with Crippen molar-refractivity contribution in [2.24, 2.45) is 7.05 Å². The number of fused-ring (bicyclic) bond motifs is 1. The smallest absolute Gasteiger partial charge is 0.270 e. The SMILES string of the molecule is Cn1nccc1C(=O)NC1CCc2cc(-c3ccccc3)ccc21. The Kier molecular flexibility index (Phi) is 3.65. The molecule has 0 saturated heterocycles. The fourth-order valence-corrected chi connectivity index (χ4v) is 3.41. The summed E-state index contributed by atoms with van der Waals surface area (Å²) < 4.78 is 1.60. The summed E-state index contributed by atoms with van der Waals surface area (Å²) in [5.74, 6) is -0.0695. The van der Waals surface area contributed by atoms with Gasteiger partial charge >= 0.3 is 0 Å². The first-order valence-corrected chi connectivity index (χ1v) is 8.19. The minimum Gasteiger partial charge on any atom is -0.344 e. The van der Waals surface area contributed by atoms with E-state index < -0.39 is 0 Å². The zero-order valence-corrected chi connectivity index (χ0v) is 13.6. The van der Waals surface area contributed by atoms with Crippen LogP contribution in [-0.4, -0.2) is 15.7 Å². The Bertz CT molecular complexity index is 883. The molecule has 1 atom stereocenters. The lowest BCUT2D eigenvalue weighted by Crippen LogP contribution is -2.28. The standard InChI is InChI=1S/C20H19N3O/c1-23-19(11-12-21-23)20(24)22-18-10-8-16-13-15(7-9-17(16)18)14-5-3-2-4-6-14/h2-7,9,11-13,18H,8,10H2,1H3,(H,22,24). The summed E-state index contributed by atoms with van der Waals surface area (Å²) in [7, 11) is 1.78. The Morgan fingerprint density at radius 2 is 1.96 bits per heavy atom. The van der Waals surface area contributed by atoms with E-state index in [0.717, 1.165) is 12.8 Å². The molecule has 3 aromatic rings. The molecule has 0 spiro atoms. The van der Waals surface area contributed by atoms with Gasteiger partial charge in [-0.25, -0.2) is 0 Å². The summed E-state index contributed by atoms with van der Waals surface area (Å²) in [5.41, 5.74) is 5.59. The molecule has 24 heavy (non-hydrogen) atoms. The Labute approximate surface area is 141 Å². The molecule has 1 N–H and O–H groups in total. The number of hydrogen-bond donors (Lipinski definition) is 1. The summed E-state index contributed by atoms with van der Waals surface area (Å²) >= 11 is 0. The van der Waals surface area contributed by atoms with Crippen LogP contribution < -0.4 is 5.32 Å². The van der Waals surface area contributed by atoms with Gasteiger partial charge in [0.05, 0.1) is 6.04 Å². The molecule has 0 aliphatic heterocycles. The van der Waals surface area contributed by atoms with E-state index in [-0.39, 0.29) is 11.9 Å². The highest BCUT2D eigenvalue weighted by Gasteiger charge is 2.25. The molecule has 1 aliphatic rings. The normalized spacial score (nSPS) is 16.0. The quantitative estimate of drug-likeness (QED) is 0.803. The molecule has 2 aromatic carbocycles. The van der Waals surface area contributed by atoms with Gasteiger partial charge in [0.25, 0.3) is 5.91 Å². The van der Waals surface area contributed by atoms with Gasteiger partial charge in [0.2, 0.25) is 0 Å². The number of aryl methyl sites for hydroxylation is 2. The van der Waals surface area contributed by atoms with Crippen LogP contribution in [0, 0.1) is 0 Å². The van der Waals surface area contributed by atoms with E-state index >= 15 is 0 Å². The molecule has 1 aromatic heterocycles. The Balaban J connectivity index is 1.57. The molecular weight excluding hydrogens is 298 g/mol. The first-order chi connectivity index (χ1) is 11.7. The lowest BCUT2D eigenvalue weighted by Gasteiger charge is -2.14. The Hall–Kier alpha value is -2.88. The number of carbonyl (C=O) groups excluding carboxylic acids is 1. The highest BCUT2D eigenvalue weighted by molar-refractivity contribution is 5.92. The van der Waals surface area contributed by atoms with E-state index in [1.54, 1.807) is 24.0 Å². The van der Waals surface area contributed by atoms with Gasteiger partial charge in [-0.05, 0) is 41.2 Å². The van der Waals surface area contributed by atoms with Crippen molar-refractivity contribution in [3.8, 4) is 11.1 Å². The number of nitrogens with zero attached hydrogens (tertiary/aromatic N) is 2. The van der Waals surface area contributed by atoms with Gasteiger partial charge in [-0.15, -0.1) is 0 Å². The molecule has 1 unspecified atom stereocenters. The lowest BCUT2D eigenvalue weighted by atomic mass is 10.00. The number of benzene rings is 2. The first-order valence-electron chi connectivity index (χ1n) is 8.19. The van der Waals surface area contributed by atoms with Gasteiger partial charge in [-0.3, -0.25) is 9.48 Å². The number of hydrogen-bond acceptors (Lipinski definition) is 2. The zero-order valence-electron chi connectivity index (χ0n) is 13.6. The van der Waals surface area contributed by atoms with Gasteiger partial charge in [0, 0.05) is 13.2 Å². The van der Waals surface area contributed by atoms with Gasteiger partial charge in [-0.1, -0.05) is 48.5 Å². The van der Waals surface area contributed by atoms with Gasteiger partial charge < -0.3 is 5.32 Å². The summed E-state index contributed by atoms with van der Waals surface area (Å²) in [6.45, 7) is 0. The fourth-order valence-electron chi connectivity index (χ4n) is 3.41. The molecule has 4 heteroatoms. The third kappa shape index (κ3) is 2.60. The lowest BCUT2D eigenvalue weighted by molar-refractivity contribution is 0.0927. The summed E-state index contributed by atoms with van der Waals surface area (Å²) in [6.07, 6.45) is 3.58. The highest BCUT2D eigenvalue weighted by Crippen LogP contribution is 2.34. The number of amides is 1. The number of rotatable bonds is 3. The molecule has 0 radical (unpaired) electrons.